The lowest BCUT2D eigenvalue weighted by Crippen LogP contribution is -3.00. The molecule has 32 heavy (non-hydrogen) atoms. The molecule has 0 heterocycles. The summed E-state index contributed by atoms with van der Waals surface area (Å²) >= 11 is 0. The third-order valence-corrected chi connectivity index (χ3v) is 5.09. The number of nitrogens with two attached hydrogens (primary N) is 1. The number of rotatable bonds is 9. The number of quaternary nitrogens is 3. The highest BCUT2D eigenvalue weighted by molar-refractivity contribution is 5.74. The average Bonchev–Trinajstić information content (AvgIpc) is 2.73. The summed E-state index contributed by atoms with van der Waals surface area (Å²) < 4.78 is 26.7. The number of hydrogen-bond donors (Lipinski definition) is 3. The van der Waals surface area contributed by atoms with Crippen molar-refractivity contribution in [3.63, 3.8) is 0 Å². The van der Waals surface area contributed by atoms with Crippen LogP contribution in [0.2, 0.25) is 0 Å². The second kappa shape index (κ2) is 15.2. The maximum atomic E-state index is 13.3. The van der Waals surface area contributed by atoms with Gasteiger partial charge in [0.1, 0.15) is 30.8 Å². The van der Waals surface area contributed by atoms with E-state index in [-0.39, 0.29) is 48.9 Å². The van der Waals surface area contributed by atoms with Gasteiger partial charge in [-0.2, -0.15) is 0 Å². The van der Waals surface area contributed by atoms with Crippen LogP contribution < -0.4 is 54.0 Å². The minimum atomic E-state index is -0.249. The van der Waals surface area contributed by atoms with Gasteiger partial charge in [-0.15, -0.1) is 0 Å². The molecule has 0 spiro atoms. The van der Waals surface area contributed by atoms with E-state index in [1.54, 1.807) is 24.3 Å². The lowest BCUT2D eigenvalue weighted by atomic mass is 9.96. The Labute approximate surface area is 207 Å². The predicted octanol–water partition coefficient (Wildman–Crippen LogP) is -6.99. The Morgan fingerprint density at radius 3 is 1.62 bits per heavy atom. The van der Waals surface area contributed by atoms with E-state index >= 15 is 0 Å². The third-order valence-electron chi connectivity index (χ3n) is 5.09. The minimum Gasteiger partial charge on any atom is -1.00 e. The van der Waals surface area contributed by atoms with E-state index < -0.39 is 0 Å². The SMILES string of the molecule is [Cl-].[Cl-].[Cl-].[NH3+]CCCC([NH3+])C[NH2+]Cc1cc(-c2ccc(F)cc2)cc(-c2ccc(F)cc2)c1. The van der Waals surface area contributed by atoms with E-state index in [0.29, 0.717) is 6.04 Å². The van der Waals surface area contributed by atoms with Gasteiger partial charge in [-0.1, -0.05) is 24.3 Å². The van der Waals surface area contributed by atoms with Crippen molar-refractivity contribution in [1.29, 1.82) is 0 Å². The van der Waals surface area contributed by atoms with Crippen molar-refractivity contribution in [3.05, 3.63) is 83.9 Å². The molecule has 0 aromatic heterocycles. The first-order valence-corrected chi connectivity index (χ1v) is 10.1. The second-order valence-corrected chi connectivity index (χ2v) is 7.52. The molecular formula is C24H30Cl3F2N3. The Kier molecular flexibility index (Phi) is 14.3. The van der Waals surface area contributed by atoms with Crippen molar-refractivity contribution < 1.29 is 62.8 Å². The van der Waals surface area contributed by atoms with Gasteiger partial charge in [0.25, 0.3) is 0 Å². The molecule has 0 radical (unpaired) electrons. The van der Waals surface area contributed by atoms with Crippen LogP contribution in [0.3, 0.4) is 0 Å². The lowest BCUT2D eigenvalue weighted by molar-refractivity contribution is -0.694. The molecule has 0 saturated carbocycles. The molecule has 3 aromatic rings. The summed E-state index contributed by atoms with van der Waals surface area (Å²) in [6.07, 6.45) is 2.20. The quantitative estimate of drug-likeness (QED) is 0.259. The van der Waals surface area contributed by atoms with Crippen LogP contribution >= 0.6 is 0 Å². The van der Waals surface area contributed by atoms with Gasteiger partial charge in [0.2, 0.25) is 0 Å². The van der Waals surface area contributed by atoms with Gasteiger partial charge < -0.3 is 54.0 Å². The zero-order valence-corrected chi connectivity index (χ0v) is 20.1. The van der Waals surface area contributed by atoms with Crippen molar-refractivity contribution >= 4 is 0 Å². The smallest absolute Gasteiger partial charge is 0.134 e. The highest BCUT2D eigenvalue weighted by Crippen LogP contribution is 2.28. The van der Waals surface area contributed by atoms with Crippen molar-refractivity contribution in [2.75, 3.05) is 13.1 Å². The Morgan fingerprint density at radius 2 is 1.19 bits per heavy atom. The van der Waals surface area contributed by atoms with Gasteiger partial charge in [-0.3, -0.25) is 0 Å². The van der Waals surface area contributed by atoms with Crippen molar-refractivity contribution in [2.24, 2.45) is 0 Å². The molecule has 1 unspecified atom stereocenters. The summed E-state index contributed by atoms with van der Waals surface area (Å²) in [5.74, 6) is -0.499. The first kappa shape index (κ1) is 30.3. The summed E-state index contributed by atoms with van der Waals surface area (Å²) in [4.78, 5) is 0. The first-order chi connectivity index (χ1) is 14.0. The highest BCUT2D eigenvalue weighted by Gasteiger charge is 2.11. The molecule has 3 aromatic carbocycles. The van der Waals surface area contributed by atoms with Crippen LogP contribution in [0.5, 0.6) is 0 Å². The van der Waals surface area contributed by atoms with E-state index in [1.807, 2.05) is 0 Å². The van der Waals surface area contributed by atoms with Crippen LogP contribution in [-0.4, -0.2) is 19.1 Å². The van der Waals surface area contributed by atoms with Crippen LogP contribution in [0.15, 0.2) is 66.7 Å². The molecule has 1 atom stereocenters. The van der Waals surface area contributed by atoms with Gasteiger partial charge >= 0.3 is 0 Å². The molecule has 3 nitrogen and oxygen atoms in total. The summed E-state index contributed by atoms with van der Waals surface area (Å²) in [6, 6.07) is 19.8. The van der Waals surface area contributed by atoms with Gasteiger partial charge in [-0.25, -0.2) is 8.78 Å². The first-order valence-electron chi connectivity index (χ1n) is 10.1. The highest BCUT2D eigenvalue weighted by atomic mass is 35.5. The Bertz CT molecular complexity index is 859. The van der Waals surface area contributed by atoms with E-state index in [2.05, 4.69) is 35.0 Å². The molecule has 176 valence electrons. The van der Waals surface area contributed by atoms with Gasteiger partial charge in [0, 0.05) is 18.4 Å². The van der Waals surface area contributed by atoms with Crippen LogP contribution in [0.25, 0.3) is 22.3 Å². The molecule has 0 fully saturated rings. The standard InChI is InChI=1S/C24H27F2N3.3ClH/c25-22-7-3-18(4-8-22)20-12-17(15-29-16-24(28)2-1-11-27)13-21(14-20)19-5-9-23(26)10-6-19;;;/h3-10,12-14,24,29H,1-2,11,15-16,27-28H2;3*1H. The molecule has 0 aliphatic heterocycles. The van der Waals surface area contributed by atoms with Crippen LogP contribution in [0.1, 0.15) is 18.4 Å². The Balaban J connectivity index is 0.00000320. The average molecular weight is 505 g/mol. The van der Waals surface area contributed by atoms with E-state index in [4.69, 9.17) is 0 Å². The number of benzene rings is 3. The van der Waals surface area contributed by atoms with Gasteiger partial charge in [0.05, 0.1) is 6.54 Å². The van der Waals surface area contributed by atoms with Crippen LogP contribution in [0.4, 0.5) is 8.78 Å². The number of halogens is 5. The topological polar surface area (TPSA) is 71.9 Å². The van der Waals surface area contributed by atoms with E-state index in [9.17, 15) is 8.78 Å². The summed E-state index contributed by atoms with van der Waals surface area (Å²) in [6.45, 7) is 2.75. The maximum absolute atomic E-state index is 13.3. The lowest BCUT2D eigenvalue weighted by Gasteiger charge is -2.11. The summed E-state index contributed by atoms with van der Waals surface area (Å²) in [7, 11) is 0. The molecule has 8 heteroatoms. The largest absolute Gasteiger partial charge is 1.00 e. The monoisotopic (exact) mass is 503 g/mol. The molecule has 0 aliphatic rings. The zero-order valence-electron chi connectivity index (χ0n) is 17.8. The fourth-order valence-corrected chi connectivity index (χ4v) is 3.46. The minimum absolute atomic E-state index is 0. The van der Waals surface area contributed by atoms with Crippen molar-refractivity contribution in [3.8, 4) is 22.3 Å². The van der Waals surface area contributed by atoms with Crippen LogP contribution in [0, 0.1) is 11.6 Å². The molecule has 0 bridgehead atoms. The molecule has 0 amide bonds. The Hall–Kier alpha value is -1.73. The van der Waals surface area contributed by atoms with Crippen molar-refractivity contribution in [2.45, 2.75) is 25.4 Å². The molecule has 0 saturated heterocycles. The second-order valence-electron chi connectivity index (χ2n) is 7.52. The van der Waals surface area contributed by atoms with Gasteiger partial charge in [0.15, 0.2) is 0 Å². The van der Waals surface area contributed by atoms with E-state index in [1.165, 1.54) is 29.8 Å². The fraction of sp³-hybridized carbons (Fsp3) is 0.250. The molecular weight excluding hydrogens is 475 g/mol. The molecule has 0 aliphatic carbocycles. The summed E-state index contributed by atoms with van der Waals surface area (Å²) in [5.41, 5.74) is 13.3. The Morgan fingerprint density at radius 1 is 0.719 bits per heavy atom. The summed E-state index contributed by atoms with van der Waals surface area (Å²) in [5, 5.41) is 2.28. The van der Waals surface area contributed by atoms with Crippen LogP contribution in [-0.2, 0) is 6.54 Å². The van der Waals surface area contributed by atoms with Crippen molar-refractivity contribution in [1.82, 2.24) is 0 Å². The van der Waals surface area contributed by atoms with Gasteiger partial charge in [-0.05, 0) is 64.7 Å². The zero-order chi connectivity index (χ0) is 20.6. The van der Waals surface area contributed by atoms with E-state index in [0.717, 1.165) is 54.7 Å². The molecule has 8 N–H and O–H groups in total. The fourth-order valence-electron chi connectivity index (χ4n) is 3.46. The maximum Gasteiger partial charge on any atom is 0.134 e. The predicted molar refractivity (Wildman–Crippen MR) is 111 cm³/mol. The molecule has 3 rings (SSSR count). The third kappa shape index (κ3) is 9.02. The normalized spacial score (nSPS) is 11.0. The number of hydrogen-bond acceptors (Lipinski definition) is 0.